The maximum absolute atomic E-state index is 10.8. The summed E-state index contributed by atoms with van der Waals surface area (Å²) in [4.78, 5) is 12.8. The van der Waals surface area contributed by atoms with Crippen LogP contribution in [0.15, 0.2) is 18.2 Å². The van der Waals surface area contributed by atoms with E-state index in [1.54, 1.807) is 6.07 Å². The molecular formula is C15H23NO4. The van der Waals surface area contributed by atoms with Crippen LogP contribution in [0.25, 0.3) is 0 Å². The number of nitrogens with zero attached hydrogens (tertiary/aromatic N) is 1. The summed E-state index contributed by atoms with van der Waals surface area (Å²) in [5.74, 6) is -0.824. The number of benzene rings is 1. The van der Waals surface area contributed by atoms with Crippen molar-refractivity contribution in [3.05, 3.63) is 23.8 Å². The van der Waals surface area contributed by atoms with Crippen LogP contribution in [0, 0.1) is 0 Å². The molecule has 0 aromatic heterocycles. The standard InChI is InChI=1S/C15H23NO4/c1-10(12-6-5-11(17)9-13(12)18)16(15(2,3)4)8-7-14(19)20/h5-6,9-10,17-18H,7-8H2,1-4H3,(H,19,20). The molecule has 0 amide bonds. The lowest BCUT2D eigenvalue weighted by Crippen LogP contribution is -2.44. The summed E-state index contributed by atoms with van der Waals surface area (Å²) >= 11 is 0. The van der Waals surface area contributed by atoms with Crippen LogP contribution in [0.3, 0.4) is 0 Å². The first-order valence-corrected chi connectivity index (χ1v) is 6.63. The Labute approximate surface area is 119 Å². The van der Waals surface area contributed by atoms with Crippen molar-refractivity contribution < 1.29 is 20.1 Å². The summed E-state index contributed by atoms with van der Waals surface area (Å²) < 4.78 is 0. The van der Waals surface area contributed by atoms with E-state index in [1.165, 1.54) is 12.1 Å². The third-order valence-electron chi connectivity index (χ3n) is 3.36. The molecule has 0 fully saturated rings. The number of aliphatic carboxylic acids is 1. The van der Waals surface area contributed by atoms with E-state index in [1.807, 2.05) is 32.6 Å². The maximum atomic E-state index is 10.8. The number of hydrogen-bond donors (Lipinski definition) is 3. The summed E-state index contributed by atoms with van der Waals surface area (Å²) in [6.45, 7) is 8.31. The Balaban J connectivity index is 3.03. The SMILES string of the molecule is CC(c1ccc(O)cc1O)N(CCC(=O)O)C(C)(C)C. The largest absolute Gasteiger partial charge is 0.508 e. The molecule has 5 heteroatoms. The van der Waals surface area contributed by atoms with Gasteiger partial charge < -0.3 is 15.3 Å². The molecule has 0 spiro atoms. The van der Waals surface area contributed by atoms with E-state index in [2.05, 4.69) is 0 Å². The average molecular weight is 281 g/mol. The van der Waals surface area contributed by atoms with Gasteiger partial charge in [0, 0.05) is 29.8 Å². The van der Waals surface area contributed by atoms with Crippen molar-refractivity contribution in [1.82, 2.24) is 4.90 Å². The predicted octanol–water partition coefficient (Wildman–Crippen LogP) is 2.73. The fourth-order valence-electron chi connectivity index (χ4n) is 2.38. The lowest BCUT2D eigenvalue weighted by Gasteiger charge is -2.40. The Kier molecular flexibility index (Phi) is 5.00. The van der Waals surface area contributed by atoms with E-state index >= 15 is 0 Å². The van der Waals surface area contributed by atoms with Crippen LogP contribution in [-0.2, 0) is 4.79 Å². The second kappa shape index (κ2) is 6.13. The third-order valence-corrected chi connectivity index (χ3v) is 3.36. The summed E-state index contributed by atoms with van der Waals surface area (Å²) in [5, 5.41) is 28.2. The highest BCUT2D eigenvalue weighted by molar-refractivity contribution is 5.66. The van der Waals surface area contributed by atoms with Gasteiger partial charge in [0.25, 0.3) is 0 Å². The highest BCUT2D eigenvalue weighted by Crippen LogP contribution is 2.34. The summed E-state index contributed by atoms with van der Waals surface area (Å²) in [6, 6.07) is 4.32. The second-order valence-corrected chi connectivity index (χ2v) is 5.93. The molecular weight excluding hydrogens is 258 g/mol. The maximum Gasteiger partial charge on any atom is 0.304 e. The zero-order chi connectivity index (χ0) is 15.5. The predicted molar refractivity (Wildman–Crippen MR) is 76.9 cm³/mol. The molecule has 20 heavy (non-hydrogen) atoms. The lowest BCUT2D eigenvalue weighted by atomic mass is 9.97. The fraction of sp³-hybridized carbons (Fsp3) is 0.533. The van der Waals surface area contributed by atoms with Crippen LogP contribution in [0.1, 0.15) is 45.7 Å². The molecule has 0 radical (unpaired) electrons. The average Bonchev–Trinajstić information content (AvgIpc) is 2.26. The minimum Gasteiger partial charge on any atom is -0.508 e. The summed E-state index contributed by atoms with van der Waals surface area (Å²) in [6.07, 6.45) is 0.0421. The molecule has 0 aliphatic rings. The van der Waals surface area contributed by atoms with Crippen LogP contribution in [0.2, 0.25) is 0 Å². The molecule has 0 bridgehead atoms. The van der Waals surface area contributed by atoms with Gasteiger partial charge in [0.05, 0.1) is 6.42 Å². The third kappa shape index (κ3) is 4.13. The van der Waals surface area contributed by atoms with Gasteiger partial charge in [-0.2, -0.15) is 0 Å². The number of phenolic OH excluding ortho intramolecular Hbond substituents is 2. The molecule has 0 aliphatic carbocycles. The fourth-order valence-corrected chi connectivity index (χ4v) is 2.38. The number of hydrogen-bond acceptors (Lipinski definition) is 4. The van der Waals surface area contributed by atoms with Crippen molar-refractivity contribution in [2.24, 2.45) is 0 Å². The number of carbonyl (C=O) groups is 1. The minimum absolute atomic E-state index is 0.00583. The van der Waals surface area contributed by atoms with E-state index in [4.69, 9.17) is 5.11 Å². The number of carboxylic acid groups (broad SMARTS) is 1. The van der Waals surface area contributed by atoms with Crippen molar-refractivity contribution >= 4 is 5.97 Å². The van der Waals surface area contributed by atoms with Gasteiger partial charge >= 0.3 is 5.97 Å². The molecule has 1 unspecified atom stereocenters. The van der Waals surface area contributed by atoms with Crippen molar-refractivity contribution in [3.8, 4) is 11.5 Å². The zero-order valence-corrected chi connectivity index (χ0v) is 12.4. The van der Waals surface area contributed by atoms with Crippen molar-refractivity contribution in [2.75, 3.05) is 6.54 Å². The molecule has 112 valence electrons. The van der Waals surface area contributed by atoms with Crippen molar-refractivity contribution in [2.45, 2.75) is 45.7 Å². The van der Waals surface area contributed by atoms with Gasteiger partial charge in [-0.05, 0) is 33.8 Å². The Morgan fingerprint density at radius 3 is 2.35 bits per heavy atom. The van der Waals surface area contributed by atoms with Gasteiger partial charge in [-0.15, -0.1) is 0 Å². The molecule has 1 aromatic rings. The quantitative estimate of drug-likeness (QED) is 0.773. The van der Waals surface area contributed by atoms with E-state index in [-0.39, 0.29) is 29.5 Å². The van der Waals surface area contributed by atoms with Crippen LogP contribution in [0.4, 0.5) is 0 Å². The van der Waals surface area contributed by atoms with Crippen LogP contribution in [-0.4, -0.2) is 38.3 Å². The number of aromatic hydroxyl groups is 2. The van der Waals surface area contributed by atoms with Gasteiger partial charge in [0.1, 0.15) is 11.5 Å². The van der Waals surface area contributed by atoms with Gasteiger partial charge in [0.15, 0.2) is 0 Å². The van der Waals surface area contributed by atoms with Gasteiger partial charge in [0.2, 0.25) is 0 Å². The molecule has 5 nitrogen and oxygen atoms in total. The van der Waals surface area contributed by atoms with Crippen molar-refractivity contribution in [1.29, 1.82) is 0 Å². The highest BCUT2D eigenvalue weighted by atomic mass is 16.4. The molecule has 1 atom stereocenters. The molecule has 1 rings (SSSR count). The normalized spacial score (nSPS) is 13.4. The van der Waals surface area contributed by atoms with E-state index in [9.17, 15) is 15.0 Å². The molecule has 0 saturated heterocycles. The molecule has 1 aromatic carbocycles. The first-order chi connectivity index (χ1) is 9.12. The number of carboxylic acids is 1. The van der Waals surface area contributed by atoms with E-state index in [0.717, 1.165) is 0 Å². The topological polar surface area (TPSA) is 81.0 Å². The summed E-state index contributed by atoms with van der Waals surface area (Å²) in [5.41, 5.74) is 0.433. The lowest BCUT2D eigenvalue weighted by molar-refractivity contribution is -0.137. The Morgan fingerprint density at radius 1 is 1.30 bits per heavy atom. The van der Waals surface area contributed by atoms with E-state index in [0.29, 0.717) is 12.1 Å². The minimum atomic E-state index is -0.846. The van der Waals surface area contributed by atoms with Crippen LogP contribution < -0.4 is 0 Å². The monoisotopic (exact) mass is 281 g/mol. The molecule has 3 N–H and O–H groups in total. The Hall–Kier alpha value is -1.75. The molecule has 0 saturated carbocycles. The zero-order valence-electron chi connectivity index (χ0n) is 12.4. The van der Waals surface area contributed by atoms with Gasteiger partial charge in [-0.1, -0.05) is 6.07 Å². The molecule has 0 heterocycles. The number of rotatable bonds is 5. The smallest absolute Gasteiger partial charge is 0.304 e. The molecule has 0 aliphatic heterocycles. The first-order valence-electron chi connectivity index (χ1n) is 6.63. The Bertz CT molecular complexity index is 479. The highest BCUT2D eigenvalue weighted by Gasteiger charge is 2.28. The van der Waals surface area contributed by atoms with Crippen molar-refractivity contribution in [3.63, 3.8) is 0 Å². The van der Waals surface area contributed by atoms with Gasteiger partial charge in [-0.3, -0.25) is 9.69 Å². The second-order valence-electron chi connectivity index (χ2n) is 5.93. The summed E-state index contributed by atoms with van der Waals surface area (Å²) in [7, 11) is 0. The van der Waals surface area contributed by atoms with E-state index < -0.39 is 5.97 Å². The van der Waals surface area contributed by atoms with Gasteiger partial charge in [-0.25, -0.2) is 0 Å². The number of phenols is 2. The first kappa shape index (κ1) is 16.3. The van der Waals surface area contributed by atoms with Crippen LogP contribution >= 0.6 is 0 Å². The Morgan fingerprint density at radius 2 is 1.90 bits per heavy atom. The van der Waals surface area contributed by atoms with Crippen LogP contribution in [0.5, 0.6) is 11.5 Å².